The van der Waals surface area contributed by atoms with Crippen molar-refractivity contribution >= 4 is 34.6 Å². The molecule has 0 radical (unpaired) electrons. The molecule has 1 atom stereocenters. The molecular formula is C18H19Cl2FN2O2S. The van der Waals surface area contributed by atoms with Crippen molar-refractivity contribution in [2.45, 2.75) is 18.4 Å². The number of nitrogens with zero attached hydrogens (tertiary/aromatic N) is 1. The summed E-state index contributed by atoms with van der Waals surface area (Å²) in [5.74, 6) is 0.0881. The van der Waals surface area contributed by atoms with Gasteiger partial charge in [-0.25, -0.2) is 4.39 Å². The van der Waals surface area contributed by atoms with E-state index in [4.69, 9.17) is 33.7 Å². The number of halogens is 3. The Bertz CT molecular complexity index is 803. The Balaban J connectivity index is 1.56. The van der Waals surface area contributed by atoms with Crippen molar-refractivity contribution in [1.29, 1.82) is 0 Å². The molecule has 8 heteroatoms. The summed E-state index contributed by atoms with van der Waals surface area (Å²) in [6.45, 7) is 3.76. The summed E-state index contributed by atoms with van der Waals surface area (Å²) >= 11 is 10.7. The van der Waals surface area contributed by atoms with Gasteiger partial charge in [0, 0.05) is 28.6 Å². The second kappa shape index (κ2) is 7.92. The Labute approximate surface area is 165 Å². The predicted octanol–water partition coefficient (Wildman–Crippen LogP) is 4.01. The Kier molecular flexibility index (Phi) is 6.01. The molecule has 0 aliphatic carbocycles. The molecule has 0 bridgehead atoms. The fourth-order valence-corrected chi connectivity index (χ4v) is 4.96. The summed E-state index contributed by atoms with van der Waals surface area (Å²) in [4.78, 5) is 0.540. The largest absolute Gasteiger partial charge is 0.593 e. The average molecular weight is 417 g/mol. The second-order valence-electron chi connectivity index (χ2n) is 6.68. The van der Waals surface area contributed by atoms with Crippen molar-refractivity contribution in [1.82, 2.24) is 4.31 Å². The van der Waals surface area contributed by atoms with E-state index in [1.807, 2.05) is 11.2 Å². The third-order valence-corrected chi connectivity index (χ3v) is 6.38. The van der Waals surface area contributed by atoms with E-state index in [0.717, 1.165) is 0 Å². The van der Waals surface area contributed by atoms with Crippen molar-refractivity contribution < 1.29 is 13.7 Å². The van der Waals surface area contributed by atoms with Gasteiger partial charge in [-0.3, -0.25) is 0 Å². The maximum absolute atomic E-state index is 13.8. The highest BCUT2D eigenvalue weighted by Crippen LogP contribution is 2.37. The first kappa shape index (κ1) is 19.7. The molecule has 0 aromatic heterocycles. The highest BCUT2D eigenvalue weighted by molar-refractivity contribution is 7.89. The van der Waals surface area contributed by atoms with Crippen LogP contribution in [0.25, 0.3) is 0 Å². The van der Waals surface area contributed by atoms with Crippen molar-refractivity contribution in [3.05, 3.63) is 57.8 Å². The van der Waals surface area contributed by atoms with Crippen LogP contribution in [0.2, 0.25) is 10.0 Å². The lowest BCUT2D eigenvalue weighted by molar-refractivity contribution is 0.0359. The highest BCUT2D eigenvalue weighted by Gasteiger charge is 2.47. The van der Waals surface area contributed by atoms with Crippen LogP contribution >= 0.6 is 23.2 Å². The fourth-order valence-electron chi connectivity index (χ4n) is 2.81. The zero-order valence-electron chi connectivity index (χ0n) is 14.2. The minimum atomic E-state index is -1.35. The molecule has 1 fully saturated rings. The molecule has 3 rings (SSSR count). The molecule has 0 spiro atoms. The molecule has 1 heterocycles. The number of hydrogen-bond donors (Lipinski definition) is 1. The molecule has 4 nitrogen and oxygen atoms in total. The van der Waals surface area contributed by atoms with Crippen LogP contribution in [0, 0.1) is 11.2 Å². The topological polar surface area (TPSA) is 61.5 Å². The minimum Gasteiger partial charge on any atom is -0.593 e. The molecule has 1 saturated heterocycles. The molecule has 1 aliphatic rings. The van der Waals surface area contributed by atoms with Gasteiger partial charge in [-0.2, -0.15) is 0 Å². The van der Waals surface area contributed by atoms with E-state index in [1.54, 1.807) is 30.3 Å². The van der Waals surface area contributed by atoms with Gasteiger partial charge in [0.1, 0.15) is 11.6 Å². The van der Waals surface area contributed by atoms with Gasteiger partial charge in [0.25, 0.3) is 0 Å². The first-order valence-electron chi connectivity index (χ1n) is 8.04. The Hall–Kier alpha value is -1.02. The van der Waals surface area contributed by atoms with Gasteiger partial charge in [-0.1, -0.05) is 36.2 Å². The highest BCUT2D eigenvalue weighted by atomic mass is 35.5. The van der Waals surface area contributed by atoms with Crippen LogP contribution in [-0.2, 0) is 17.9 Å². The normalized spacial score (nSPS) is 17.6. The third kappa shape index (κ3) is 4.27. The van der Waals surface area contributed by atoms with E-state index in [-0.39, 0.29) is 17.8 Å². The van der Waals surface area contributed by atoms with Crippen molar-refractivity contribution in [2.24, 2.45) is 11.1 Å². The van der Waals surface area contributed by atoms with E-state index in [9.17, 15) is 8.94 Å². The Morgan fingerprint density at radius 3 is 2.62 bits per heavy atom. The van der Waals surface area contributed by atoms with Gasteiger partial charge in [0.15, 0.2) is 4.90 Å². The van der Waals surface area contributed by atoms with Gasteiger partial charge < -0.3 is 15.0 Å². The predicted molar refractivity (Wildman–Crippen MR) is 102 cm³/mol. The minimum absolute atomic E-state index is 0.151. The summed E-state index contributed by atoms with van der Waals surface area (Å²) in [5, 5.41) is 0.890. The van der Waals surface area contributed by atoms with Crippen LogP contribution < -0.4 is 10.5 Å². The quantitative estimate of drug-likeness (QED) is 0.722. The molecule has 140 valence electrons. The van der Waals surface area contributed by atoms with Gasteiger partial charge in [-0.05, 0) is 24.3 Å². The Morgan fingerprint density at radius 2 is 2.00 bits per heavy atom. The van der Waals surface area contributed by atoms with Gasteiger partial charge in [-0.15, -0.1) is 4.31 Å². The third-order valence-electron chi connectivity index (χ3n) is 4.26. The van der Waals surface area contributed by atoms with Crippen molar-refractivity contribution in [2.75, 3.05) is 19.7 Å². The fraction of sp³-hybridized carbons (Fsp3) is 0.333. The molecular weight excluding hydrogens is 398 g/mol. The lowest BCUT2D eigenvalue weighted by Gasteiger charge is -2.45. The summed E-state index contributed by atoms with van der Waals surface area (Å²) in [5.41, 5.74) is 5.74. The molecule has 2 aromatic carbocycles. The summed E-state index contributed by atoms with van der Waals surface area (Å²) < 4.78 is 33.9. The zero-order valence-corrected chi connectivity index (χ0v) is 16.5. The first-order valence-corrected chi connectivity index (χ1v) is 9.91. The molecule has 1 aliphatic heterocycles. The van der Waals surface area contributed by atoms with E-state index >= 15 is 0 Å². The van der Waals surface area contributed by atoms with E-state index in [0.29, 0.717) is 46.0 Å². The Morgan fingerprint density at radius 1 is 1.27 bits per heavy atom. The van der Waals surface area contributed by atoms with Crippen LogP contribution in [0.1, 0.15) is 12.5 Å². The van der Waals surface area contributed by atoms with Gasteiger partial charge >= 0.3 is 0 Å². The summed E-state index contributed by atoms with van der Waals surface area (Å²) in [6.07, 6.45) is 0. The van der Waals surface area contributed by atoms with E-state index in [2.05, 4.69) is 0 Å². The van der Waals surface area contributed by atoms with Crippen LogP contribution in [0.5, 0.6) is 5.75 Å². The smallest absolute Gasteiger partial charge is 0.192 e. The number of benzene rings is 2. The van der Waals surface area contributed by atoms with Crippen LogP contribution in [0.3, 0.4) is 0 Å². The second-order valence-corrected chi connectivity index (χ2v) is 8.98. The maximum Gasteiger partial charge on any atom is 0.192 e. The van der Waals surface area contributed by atoms with Crippen LogP contribution in [0.15, 0.2) is 41.3 Å². The molecule has 2 N–H and O–H groups in total. The van der Waals surface area contributed by atoms with Gasteiger partial charge in [0.05, 0.1) is 36.1 Å². The number of ether oxygens (including phenoxy) is 1. The molecule has 26 heavy (non-hydrogen) atoms. The van der Waals surface area contributed by atoms with Gasteiger partial charge in [0.2, 0.25) is 0 Å². The van der Waals surface area contributed by atoms with Crippen molar-refractivity contribution in [3.8, 4) is 5.75 Å². The molecule has 0 amide bonds. The standard InChI is InChI=1S/C18H19Cl2FN2O2S/c1-18(11-25-14-4-2-12(8-22)16(21)7-14)9-23(10-18)26(24)17-5-3-13(19)6-15(17)20/h2-7H,8-11,22H2,1H3. The molecule has 2 aromatic rings. The lowest BCUT2D eigenvalue weighted by atomic mass is 9.85. The number of nitrogens with two attached hydrogens (primary N) is 1. The molecule has 1 unspecified atom stereocenters. The van der Waals surface area contributed by atoms with Crippen LogP contribution in [-0.4, -0.2) is 28.6 Å². The van der Waals surface area contributed by atoms with E-state index < -0.39 is 11.4 Å². The lowest BCUT2D eigenvalue weighted by Crippen LogP contribution is -2.59. The number of hydrogen-bond acceptors (Lipinski definition) is 4. The average Bonchev–Trinajstić information content (AvgIpc) is 2.57. The summed E-state index contributed by atoms with van der Waals surface area (Å²) in [7, 11) is 0. The first-order chi connectivity index (χ1) is 12.3. The number of rotatable bonds is 6. The zero-order chi connectivity index (χ0) is 18.9. The van der Waals surface area contributed by atoms with Crippen LogP contribution in [0.4, 0.5) is 4.39 Å². The molecule has 0 saturated carbocycles. The monoisotopic (exact) mass is 416 g/mol. The van der Waals surface area contributed by atoms with Crippen molar-refractivity contribution in [3.63, 3.8) is 0 Å². The maximum atomic E-state index is 13.8. The SMILES string of the molecule is CC1(COc2ccc(CN)c(F)c2)CN([S+]([O-])c2ccc(Cl)cc2Cl)C1. The van der Waals surface area contributed by atoms with E-state index in [1.165, 1.54) is 6.07 Å². The summed E-state index contributed by atoms with van der Waals surface area (Å²) in [6, 6.07) is 9.59.